The van der Waals surface area contributed by atoms with Gasteiger partial charge in [-0.05, 0) is 30.7 Å². The van der Waals surface area contributed by atoms with Gasteiger partial charge in [-0.15, -0.1) is 0 Å². The number of hydrogen-bond acceptors (Lipinski definition) is 4. The fraction of sp³-hybridized carbons (Fsp3) is 0.200. The Morgan fingerprint density at radius 2 is 1.65 bits per heavy atom. The van der Waals surface area contributed by atoms with E-state index in [2.05, 4.69) is 5.32 Å². The fourth-order valence-corrected chi connectivity index (χ4v) is 1.90. The third kappa shape index (κ3) is 3.19. The first kappa shape index (κ1) is 14.1. The number of phenols is 3. The van der Waals surface area contributed by atoms with E-state index in [-0.39, 0.29) is 17.3 Å². The minimum absolute atomic E-state index is 0.237. The van der Waals surface area contributed by atoms with E-state index in [9.17, 15) is 19.7 Å². The van der Waals surface area contributed by atoms with Crippen molar-refractivity contribution in [3.8, 4) is 17.2 Å². The molecule has 2 rings (SSSR count). The van der Waals surface area contributed by atoms with Gasteiger partial charge in [-0.1, -0.05) is 24.3 Å². The summed E-state index contributed by atoms with van der Waals surface area (Å²) in [5, 5.41) is 31.3. The van der Waals surface area contributed by atoms with Gasteiger partial charge in [0.1, 0.15) is 5.82 Å². The molecule has 0 saturated heterocycles. The second-order valence-electron chi connectivity index (χ2n) is 4.46. The number of rotatable bonds is 5. The van der Waals surface area contributed by atoms with Crippen molar-refractivity contribution in [1.29, 1.82) is 0 Å². The van der Waals surface area contributed by atoms with Gasteiger partial charge >= 0.3 is 0 Å². The highest BCUT2D eigenvalue weighted by atomic mass is 19.1. The molecule has 20 heavy (non-hydrogen) atoms. The van der Waals surface area contributed by atoms with Crippen LogP contribution in [0.5, 0.6) is 17.2 Å². The monoisotopic (exact) mass is 277 g/mol. The molecule has 2 aromatic rings. The quantitative estimate of drug-likeness (QED) is 0.500. The Bertz CT molecular complexity index is 602. The van der Waals surface area contributed by atoms with Crippen LogP contribution in [0.4, 0.5) is 4.39 Å². The van der Waals surface area contributed by atoms with Gasteiger partial charge in [-0.2, -0.15) is 0 Å². The van der Waals surface area contributed by atoms with Crippen LogP contribution in [-0.4, -0.2) is 21.9 Å². The summed E-state index contributed by atoms with van der Waals surface area (Å²) in [6, 6.07) is 9.38. The Morgan fingerprint density at radius 1 is 0.900 bits per heavy atom. The van der Waals surface area contributed by atoms with Gasteiger partial charge in [0.25, 0.3) is 0 Å². The van der Waals surface area contributed by atoms with E-state index >= 15 is 0 Å². The maximum atomic E-state index is 13.4. The number of hydrogen-bond donors (Lipinski definition) is 4. The molecule has 106 valence electrons. The Morgan fingerprint density at radius 3 is 2.40 bits per heavy atom. The molecule has 4 N–H and O–H groups in total. The predicted octanol–water partition coefficient (Wildman–Crippen LogP) is 2.27. The van der Waals surface area contributed by atoms with E-state index in [0.717, 1.165) is 0 Å². The molecule has 0 amide bonds. The zero-order chi connectivity index (χ0) is 14.5. The molecule has 4 nitrogen and oxygen atoms in total. The lowest BCUT2D eigenvalue weighted by molar-refractivity contribution is 0.364. The van der Waals surface area contributed by atoms with Crippen LogP contribution in [-0.2, 0) is 13.0 Å². The van der Waals surface area contributed by atoms with E-state index in [1.165, 1.54) is 18.2 Å². The van der Waals surface area contributed by atoms with Crippen molar-refractivity contribution < 1.29 is 19.7 Å². The average molecular weight is 277 g/mol. The van der Waals surface area contributed by atoms with Crippen LogP contribution < -0.4 is 5.32 Å². The molecular formula is C15H16FNO3. The third-order valence-electron chi connectivity index (χ3n) is 3.06. The molecule has 0 spiro atoms. The summed E-state index contributed by atoms with van der Waals surface area (Å²) in [5.41, 5.74) is 1.09. The minimum Gasteiger partial charge on any atom is -0.504 e. The first-order chi connectivity index (χ1) is 9.59. The van der Waals surface area contributed by atoms with Crippen LogP contribution in [0, 0.1) is 5.82 Å². The first-order valence-corrected chi connectivity index (χ1v) is 6.26. The Kier molecular flexibility index (Phi) is 4.42. The lowest BCUT2D eigenvalue weighted by Crippen LogP contribution is -2.17. The molecule has 0 aromatic heterocycles. The predicted molar refractivity (Wildman–Crippen MR) is 73.2 cm³/mol. The summed E-state index contributed by atoms with van der Waals surface area (Å²) in [6.07, 6.45) is 0.525. The summed E-state index contributed by atoms with van der Waals surface area (Å²) in [5.74, 6) is -1.47. The van der Waals surface area contributed by atoms with E-state index in [1.54, 1.807) is 18.2 Å². The van der Waals surface area contributed by atoms with Gasteiger partial charge in [0.2, 0.25) is 5.75 Å². The summed E-state index contributed by atoms with van der Waals surface area (Å²) < 4.78 is 13.4. The van der Waals surface area contributed by atoms with E-state index in [1.807, 2.05) is 0 Å². The normalized spacial score (nSPS) is 10.7. The van der Waals surface area contributed by atoms with E-state index in [0.29, 0.717) is 30.6 Å². The number of phenolic OH excluding ortho intramolecular Hbond substituents is 3. The molecule has 0 heterocycles. The number of halogens is 1. The van der Waals surface area contributed by atoms with Gasteiger partial charge in [-0.25, -0.2) is 4.39 Å². The summed E-state index contributed by atoms with van der Waals surface area (Å²) in [6.45, 7) is 0.843. The first-order valence-electron chi connectivity index (χ1n) is 6.26. The van der Waals surface area contributed by atoms with Crippen LogP contribution in [0.15, 0.2) is 36.4 Å². The maximum absolute atomic E-state index is 13.4. The molecular weight excluding hydrogens is 261 g/mol. The standard InChI is InChI=1S/C15H16FNO3/c16-12-4-2-1-3-10(12)7-8-17-9-11-5-6-13(18)15(20)14(11)19/h1-6,17-20H,7-9H2. The van der Waals surface area contributed by atoms with Crippen molar-refractivity contribution in [3.05, 3.63) is 53.3 Å². The molecule has 0 unspecified atom stereocenters. The van der Waals surface area contributed by atoms with Crippen LogP contribution >= 0.6 is 0 Å². The zero-order valence-electron chi connectivity index (χ0n) is 10.8. The van der Waals surface area contributed by atoms with Gasteiger partial charge in [-0.3, -0.25) is 0 Å². The van der Waals surface area contributed by atoms with Crippen molar-refractivity contribution in [2.24, 2.45) is 0 Å². The fourth-order valence-electron chi connectivity index (χ4n) is 1.90. The maximum Gasteiger partial charge on any atom is 0.200 e. The zero-order valence-corrected chi connectivity index (χ0v) is 10.8. The Balaban J connectivity index is 1.88. The molecule has 0 aliphatic carbocycles. The average Bonchev–Trinajstić information content (AvgIpc) is 2.45. The van der Waals surface area contributed by atoms with Crippen molar-refractivity contribution in [3.63, 3.8) is 0 Å². The number of nitrogens with one attached hydrogen (secondary N) is 1. The highest BCUT2D eigenvalue weighted by molar-refractivity contribution is 5.52. The highest BCUT2D eigenvalue weighted by Crippen LogP contribution is 2.36. The van der Waals surface area contributed by atoms with Crippen LogP contribution in [0.3, 0.4) is 0 Å². The van der Waals surface area contributed by atoms with E-state index in [4.69, 9.17) is 0 Å². The Labute approximate surface area is 116 Å². The van der Waals surface area contributed by atoms with Gasteiger partial charge in [0.05, 0.1) is 0 Å². The summed E-state index contributed by atoms with van der Waals surface area (Å²) >= 11 is 0. The smallest absolute Gasteiger partial charge is 0.200 e. The lowest BCUT2D eigenvalue weighted by Gasteiger charge is -2.09. The summed E-state index contributed by atoms with van der Waals surface area (Å²) in [4.78, 5) is 0. The summed E-state index contributed by atoms with van der Waals surface area (Å²) in [7, 11) is 0. The molecule has 0 atom stereocenters. The van der Waals surface area contributed by atoms with Gasteiger partial charge < -0.3 is 20.6 Å². The van der Waals surface area contributed by atoms with Crippen LogP contribution in [0.25, 0.3) is 0 Å². The van der Waals surface area contributed by atoms with Crippen LogP contribution in [0.2, 0.25) is 0 Å². The molecule has 0 fully saturated rings. The SMILES string of the molecule is Oc1ccc(CNCCc2ccccc2F)c(O)c1O. The topological polar surface area (TPSA) is 72.7 Å². The van der Waals surface area contributed by atoms with E-state index < -0.39 is 5.75 Å². The molecule has 5 heteroatoms. The number of benzene rings is 2. The number of aromatic hydroxyl groups is 3. The second-order valence-corrected chi connectivity index (χ2v) is 4.46. The third-order valence-corrected chi connectivity index (χ3v) is 3.06. The molecule has 2 aromatic carbocycles. The molecule has 0 saturated carbocycles. The lowest BCUT2D eigenvalue weighted by atomic mass is 10.1. The molecule has 0 radical (unpaired) electrons. The molecule has 0 aliphatic rings. The largest absolute Gasteiger partial charge is 0.504 e. The van der Waals surface area contributed by atoms with Crippen molar-refractivity contribution in [2.75, 3.05) is 6.54 Å². The molecule has 0 bridgehead atoms. The van der Waals surface area contributed by atoms with Gasteiger partial charge in [0, 0.05) is 12.1 Å². The molecule has 0 aliphatic heterocycles. The van der Waals surface area contributed by atoms with Crippen molar-refractivity contribution >= 4 is 0 Å². The van der Waals surface area contributed by atoms with Crippen molar-refractivity contribution in [2.45, 2.75) is 13.0 Å². The van der Waals surface area contributed by atoms with Crippen LogP contribution in [0.1, 0.15) is 11.1 Å². The highest BCUT2D eigenvalue weighted by Gasteiger charge is 2.10. The Hall–Kier alpha value is -2.27. The van der Waals surface area contributed by atoms with Crippen molar-refractivity contribution in [1.82, 2.24) is 5.32 Å². The second kappa shape index (κ2) is 6.25. The van der Waals surface area contributed by atoms with Gasteiger partial charge in [0.15, 0.2) is 11.5 Å². The minimum atomic E-state index is -0.529.